The highest BCUT2D eigenvalue weighted by Crippen LogP contribution is 2.19. The number of rotatable bonds is 6. The van der Waals surface area contributed by atoms with Gasteiger partial charge in [0, 0.05) is 22.5 Å². The van der Waals surface area contributed by atoms with Gasteiger partial charge in [0.15, 0.2) is 10.3 Å². The number of carbonyl (C=O) groups excluding carboxylic acids is 2. The molecule has 25 heavy (non-hydrogen) atoms. The number of nitrogens with one attached hydrogen (secondary N) is 2. The van der Waals surface area contributed by atoms with Crippen molar-refractivity contribution in [2.24, 2.45) is 0 Å². The third-order valence-electron chi connectivity index (χ3n) is 3.14. The molecule has 128 valence electrons. The Morgan fingerprint density at radius 3 is 2.60 bits per heavy atom. The van der Waals surface area contributed by atoms with Crippen LogP contribution >= 0.6 is 22.7 Å². The van der Waals surface area contributed by atoms with Crippen molar-refractivity contribution in [2.75, 3.05) is 17.7 Å². The van der Waals surface area contributed by atoms with E-state index in [1.54, 1.807) is 48.3 Å². The third-order valence-corrected chi connectivity index (χ3v) is 4.64. The summed E-state index contributed by atoms with van der Waals surface area (Å²) in [5.74, 6) is 0.211. The molecule has 0 unspecified atom stereocenters. The van der Waals surface area contributed by atoms with Gasteiger partial charge in [0.1, 0.15) is 5.75 Å². The summed E-state index contributed by atoms with van der Waals surface area (Å²) >= 11 is 2.62. The molecule has 2 heterocycles. The van der Waals surface area contributed by atoms with Gasteiger partial charge in [0.2, 0.25) is 5.91 Å². The van der Waals surface area contributed by atoms with Crippen LogP contribution < -0.4 is 15.4 Å². The van der Waals surface area contributed by atoms with Gasteiger partial charge in [0.05, 0.1) is 19.2 Å². The quantitative estimate of drug-likeness (QED) is 0.692. The van der Waals surface area contributed by atoms with Gasteiger partial charge in [-0.25, -0.2) is 9.97 Å². The number of anilines is 2. The smallest absolute Gasteiger partial charge is 0.257 e. The standard InChI is InChI=1S/C16H14N4O3S2/c1-23-12-4-2-10(3-5-12)14(22)20-16-18-11(9-25-16)8-13(21)19-15-17-6-7-24-15/h2-7,9H,8H2,1H3,(H,17,19,21)(H,18,20,22). The van der Waals surface area contributed by atoms with Crippen LogP contribution in [-0.2, 0) is 11.2 Å². The molecule has 0 radical (unpaired) electrons. The lowest BCUT2D eigenvalue weighted by Crippen LogP contribution is -2.15. The minimum Gasteiger partial charge on any atom is -0.497 e. The van der Waals surface area contributed by atoms with Gasteiger partial charge >= 0.3 is 0 Å². The molecule has 0 aliphatic rings. The van der Waals surface area contributed by atoms with E-state index >= 15 is 0 Å². The molecule has 0 aliphatic carbocycles. The second-order valence-corrected chi connectivity index (χ2v) is 6.64. The van der Waals surface area contributed by atoms with Crippen molar-refractivity contribution in [3.63, 3.8) is 0 Å². The predicted octanol–water partition coefficient (Wildman–Crippen LogP) is 3.04. The van der Waals surface area contributed by atoms with Crippen LogP contribution in [-0.4, -0.2) is 28.9 Å². The molecule has 2 amide bonds. The molecule has 0 atom stereocenters. The number of ether oxygens (including phenoxy) is 1. The van der Waals surface area contributed by atoms with Crippen molar-refractivity contribution in [3.05, 3.63) is 52.5 Å². The number of carbonyl (C=O) groups is 2. The summed E-state index contributed by atoms with van der Waals surface area (Å²) in [6.45, 7) is 0. The predicted molar refractivity (Wildman–Crippen MR) is 97.5 cm³/mol. The molecule has 0 spiro atoms. The molecule has 0 aliphatic heterocycles. The fourth-order valence-corrected chi connectivity index (χ4v) is 3.22. The van der Waals surface area contributed by atoms with Gasteiger partial charge < -0.3 is 10.1 Å². The second kappa shape index (κ2) is 7.86. The Hall–Kier alpha value is -2.78. The number of benzene rings is 1. The maximum atomic E-state index is 12.2. The van der Waals surface area contributed by atoms with Crippen molar-refractivity contribution in [1.29, 1.82) is 0 Å². The van der Waals surface area contributed by atoms with Gasteiger partial charge in [-0.05, 0) is 24.3 Å². The molecular formula is C16H14N4O3S2. The van der Waals surface area contributed by atoms with Crippen LogP contribution in [0.3, 0.4) is 0 Å². The summed E-state index contributed by atoms with van der Waals surface area (Å²) in [6.07, 6.45) is 1.74. The summed E-state index contributed by atoms with van der Waals surface area (Å²) in [7, 11) is 1.57. The van der Waals surface area contributed by atoms with Crippen LogP contribution in [0.1, 0.15) is 16.1 Å². The zero-order valence-corrected chi connectivity index (χ0v) is 14.8. The number of thiazole rings is 2. The molecule has 3 rings (SSSR count). The number of hydrogen-bond donors (Lipinski definition) is 2. The van der Waals surface area contributed by atoms with Crippen LogP contribution in [0.2, 0.25) is 0 Å². The lowest BCUT2D eigenvalue weighted by Gasteiger charge is -2.03. The first-order chi connectivity index (χ1) is 12.1. The Bertz CT molecular complexity index is 860. The molecule has 2 N–H and O–H groups in total. The second-order valence-electron chi connectivity index (χ2n) is 4.89. The molecule has 0 bridgehead atoms. The van der Waals surface area contributed by atoms with E-state index in [1.165, 1.54) is 22.7 Å². The van der Waals surface area contributed by atoms with Crippen LogP contribution in [0.15, 0.2) is 41.2 Å². The molecule has 3 aromatic rings. The first-order valence-corrected chi connectivity index (χ1v) is 8.99. The molecule has 7 nitrogen and oxygen atoms in total. The number of nitrogens with zero attached hydrogens (tertiary/aromatic N) is 2. The first kappa shape index (κ1) is 17.1. The zero-order valence-electron chi connectivity index (χ0n) is 13.2. The maximum Gasteiger partial charge on any atom is 0.257 e. The molecule has 0 fully saturated rings. The SMILES string of the molecule is COc1ccc(C(=O)Nc2nc(CC(=O)Nc3nccs3)cs2)cc1. The van der Waals surface area contributed by atoms with E-state index in [0.717, 1.165) is 0 Å². The Labute approximate surface area is 151 Å². The summed E-state index contributed by atoms with van der Waals surface area (Å²) in [4.78, 5) is 32.4. The Balaban J connectivity index is 1.57. The lowest BCUT2D eigenvalue weighted by molar-refractivity contribution is -0.115. The van der Waals surface area contributed by atoms with Gasteiger partial charge in [-0.1, -0.05) is 0 Å². The summed E-state index contributed by atoms with van der Waals surface area (Å²) in [5.41, 5.74) is 1.09. The minimum atomic E-state index is -0.268. The van der Waals surface area contributed by atoms with E-state index < -0.39 is 0 Å². The van der Waals surface area contributed by atoms with Crippen molar-refractivity contribution in [3.8, 4) is 5.75 Å². The van der Waals surface area contributed by atoms with Gasteiger partial charge in [-0.15, -0.1) is 22.7 Å². The van der Waals surface area contributed by atoms with E-state index in [0.29, 0.717) is 27.3 Å². The maximum absolute atomic E-state index is 12.2. The topological polar surface area (TPSA) is 93.2 Å². The number of methoxy groups -OCH3 is 1. The first-order valence-electron chi connectivity index (χ1n) is 7.23. The highest BCUT2D eigenvalue weighted by atomic mass is 32.1. The van der Waals surface area contributed by atoms with Crippen molar-refractivity contribution in [2.45, 2.75) is 6.42 Å². The molecule has 1 aromatic carbocycles. The largest absolute Gasteiger partial charge is 0.497 e. The summed E-state index contributed by atoms with van der Waals surface area (Å²) in [5, 5.41) is 9.93. The van der Waals surface area contributed by atoms with Crippen molar-refractivity contribution in [1.82, 2.24) is 9.97 Å². The fourth-order valence-electron chi connectivity index (χ4n) is 1.97. The Morgan fingerprint density at radius 1 is 1.12 bits per heavy atom. The Morgan fingerprint density at radius 2 is 1.92 bits per heavy atom. The van der Waals surface area contributed by atoms with Crippen LogP contribution in [0.4, 0.5) is 10.3 Å². The summed E-state index contributed by atoms with van der Waals surface area (Å²) in [6, 6.07) is 6.77. The van der Waals surface area contributed by atoms with E-state index in [1.807, 2.05) is 0 Å². The minimum absolute atomic E-state index is 0.120. The molecule has 2 aromatic heterocycles. The Kier molecular flexibility index (Phi) is 5.36. The van der Waals surface area contributed by atoms with E-state index in [-0.39, 0.29) is 18.2 Å². The number of hydrogen-bond acceptors (Lipinski definition) is 7. The van der Waals surface area contributed by atoms with E-state index in [9.17, 15) is 9.59 Å². The van der Waals surface area contributed by atoms with Crippen LogP contribution in [0, 0.1) is 0 Å². The molecule has 0 saturated carbocycles. The zero-order chi connectivity index (χ0) is 17.6. The molecule has 0 saturated heterocycles. The monoisotopic (exact) mass is 374 g/mol. The van der Waals surface area contributed by atoms with Crippen molar-refractivity contribution < 1.29 is 14.3 Å². The number of aromatic nitrogens is 2. The summed E-state index contributed by atoms with van der Waals surface area (Å²) < 4.78 is 5.06. The van der Waals surface area contributed by atoms with E-state index in [2.05, 4.69) is 20.6 Å². The normalized spacial score (nSPS) is 10.3. The third kappa shape index (κ3) is 4.61. The van der Waals surface area contributed by atoms with Crippen molar-refractivity contribution >= 4 is 44.8 Å². The van der Waals surface area contributed by atoms with Gasteiger partial charge in [-0.3, -0.25) is 14.9 Å². The molecule has 9 heteroatoms. The highest BCUT2D eigenvalue weighted by molar-refractivity contribution is 7.14. The number of amides is 2. The average Bonchev–Trinajstić information content (AvgIpc) is 3.27. The van der Waals surface area contributed by atoms with E-state index in [4.69, 9.17) is 4.74 Å². The highest BCUT2D eigenvalue weighted by Gasteiger charge is 2.12. The van der Waals surface area contributed by atoms with Crippen LogP contribution in [0.5, 0.6) is 5.75 Å². The van der Waals surface area contributed by atoms with Gasteiger partial charge in [0.25, 0.3) is 5.91 Å². The fraction of sp³-hybridized carbons (Fsp3) is 0.125. The average molecular weight is 374 g/mol. The molecular weight excluding hydrogens is 360 g/mol. The lowest BCUT2D eigenvalue weighted by atomic mass is 10.2. The van der Waals surface area contributed by atoms with Gasteiger partial charge in [-0.2, -0.15) is 0 Å². The van der Waals surface area contributed by atoms with Crippen LogP contribution in [0.25, 0.3) is 0 Å².